The second-order valence-electron chi connectivity index (χ2n) is 5.05. The van der Waals surface area contributed by atoms with Gasteiger partial charge in [-0.15, -0.1) is 10.2 Å². The van der Waals surface area contributed by atoms with Crippen molar-refractivity contribution in [3.8, 4) is 22.9 Å². The first-order valence-electron chi connectivity index (χ1n) is 7.04. The van der Waals surface area contributed by atoms with Crippen LogP contribution in [-0.2, 0) is 10.9 Å². The summed E-state index contributed by atoms with van der Waals surface area (Å²) in [5.74, 6) is -0.382. The van der Waals surface area contributed by atoms with Crippen LogP contribution in [0.5, 0.6) is 11.6 Å². The number of alkyl halides is 3. The first-order valence-corrected chi connectivity index (χ1v) is 7.04. The highest BCUT2D eigenvalue weighted by molar-refractivity contribution is 5.97. The average Bonchev–Trinajstić information content (AvgIpc) is 2.60. The molecule has 0 fully saturated rings. The van der Waals surface area contributed by atoms with Crippen molar-refractivity contribution >= 4 is 10.8 Å². The fourth-order valence-corrected chi connectivity index (χ4v) is 2.32. The lowest BCUT2D eigenvalue weighted by atomic mass is 10.0. The van der Waals surface area contributed by atoms with Crippen LogP contribution in [0.25, 0.3) is 22.0 Å². The number of aromatic hydroxyl groups is 1. The maximum Gasteiger partial charge on any atom is 0.416 e. The number of aromatic nitrogens is 3. The van der Waals surface area contributed by atoms with Gasteiger partial charge >= 0.3 is 6.18 Å². The van der Waals surface area contributed by atoms with Crippen LogP contribution in [0.4, 0.5) is 13.2 Å². The Labute approximate surface area is 139 Å². The number of rotatable bonds is 4. The van der Waals surface area contributed by atoms with E-state index in [1.54, 1.807) is 6.07 Å². The molecule has 0 spiro atoms. The van der Waals surface area contributed by atoms with Crippen LogP contribution in [0.3, 0.4) is 0 Å². The van der Waals surface area contributed by atoms with Gasteiger partial charge in [-0.25, -0.2) is 0 Å². The molecule has 0 saturated carbocycles. The highest BCUT2D eigenvalue weighted by Crippen LogP contribution is 2.39. The molecule has 1 N–H and O–H groups in total. The van der Waals surface area contributed by atoms with Crippen LogP contribution < -0.4 is 4.74 Å². The van der Waals surface area contributed by atoms with E-state index < -0.39 is 11.7 Å². The molecule has 1 aromatic carbocycles. The van der Waals surface area contributed by atoms with E-state index in [1.165, 1.54) is 25.6 Å². The maximum absolute atomic E-state index is 13.0. The molecule has 2 heterocycles. The number of ether oxygens (including phenoxy) is 2. The van der Waals surface area contributed by atoms with Crippen molar-refractivity contribution in [1.82, 2.24) is 15.2 Å². The molecule has 0 saturated heterocycles. The molecule has 0 amide bonds. The molecule has 0 atom stereocenters. The Balaban J connectivity index is 2.21. The van der Waals surface area contributed by atoms with Crippen LogP contribution in [0.15, 0.2) is 36.7 Å². The van der Waals surface area contributed by atoms with Crippen molar-refractivity contribution in [3.63, 3.8) is 0 Å². The van der Waals surface area contributed by atoms with Gasteiger partial charge in [0, 0.05) is 30.5 Å². The topological polar surface area (TPSA) is 77.4 Å². The molecule has 3 aromatic rings. The first-order chi connectivity index (χ1) is 11.9. The smallest absolute Gasteiger partial charge is 0.416 e. The zero-order valence-corrected chi connectivity index (χ0v) is 12.9. The third-order valence-corrected chi connectivity index (χ3v) is 3.46. The van der Waals surface area contributed by atoms with Gasteiger partial charge in [0.25, 0.3) is 0 Å². The van der Waals surface area contributed by atoms with E-state index >= 15 is 0 Å². The van der Waals surface area contributed by atoms with Gasteiger partial charge < -0.3 is 14.6 Å². The fraction of sp³-hybridized carbons (Fsp3) is 0.188. The molecule has 3 rings (SSSR count). The normalized spacial score (nSPS) is 11.7. The Morgan fingerprint density at radius 1 is 1.12 bits per heavy atom. The number of benzene rings is 1. The summed E-state index contributed by atoms with van der Waals surface area (Å²) in [6.07, 6.45) is -1.65. The number of methoxy groups -OCH3 is 1. The van der Waals surface area contributed by atoms with Crippen molar-refractivity contribution in [3.05, 3.63) is 42.2 Å². The van der Waals surface area contributed by atoms with Gasteiger partial charge in [0.15, 0.2) is 6.79 Å². The number of hydrogen-bond acceptors (Lipinski definition) is 6. The lowest BCUT2D eigenvalue weighted by Gasteiger charge is -2.15. The average molecular weight is 351 g/mol. The fourth-order valence-electron chi connectivity index (χ4n) is 2.32. The lowest BCUT2D eigenvalue weighted by molar-refractivity contribution is -0.137. The van der Waals surface area contributed by atoms with E-state index in [0.717, 1.165) is 12.1 Å². The summed E-state index contributed by atoms with van der Waals surface area (Å²) >= 11 is 0. The summed E-state index contributed by atoms with van der Waals surface area (Å²) in [6.45, 7) is -0.237. The number of hydrogen-bond donors (Lipinski definition) is 1. The Morgan fingerprint density at radius 3 is 2.64 bits per heavy atom. The van der Waals surface area contributed by atoms with E-state index in [-0.39, 0.29) is 29.7 Å². The first kappa shape index (κ1) is 16.9. The Bertz CT molecular complexity index is 916. The molecule has 25 heavy (non-hydrogen) atoms. The minimum absolute atomic E-state index is 0.0604. The molecule has 130 valence electrons. The van der Waals surface area contributed by atoms with Crippen molar-refractivity contribution < 1.29 is 27.8 Å². The van der Waals surface area contributed by atoms with Gasteiger partial charge in [-0.1, -0.05) is 0 Å². The number of pyridine rings is 1. The standard InChI is InChI=1S/C16H12F3N3O3/c1-24-8-25-13-6-9(16(17,18)19)2-3-11(13)14-10-4-5-20-7-12(10)15(23)22-21-14/h2-7H,8H2,1H3,(H,22,23). The van der Waals surface area contributed by atoms with Crippen LogP contribution >= 0.6 is 0 Å². The minimum Gasteiger partial charge on any atom is -0.492 e. The second kappa shape index (κ2) is 6.52. The van der Waals surface area contributed by atoms with Crippen molar-refractivity contribution in [1.29, 1.82) is 0 Å². The third kappa shape index (κ3) is 3.31. The number of fused-ring (bicyclic) bond motifs is 1. The number of halogens is 3. The highest BCUT2D eigenvalue weighted by Gasteiger charge is 2.31. The van der Waals surface area contributed by atoms with E-state index in [0.29, 0.717) is 10.8 Å². The van der Waals surface area contributed by atoms with Crippen LogP contribution in [0.1, 0.15) is 5.56 Å². The highest BCUT2D eigenvalue weighted by atomic mass is 19.4. The summed E-state index contributed by atoms with van der Waals surface area (Å²) in [5, 5.41) is 18.1. The van der Waals surface area contributed by atoms with Gasteiger partial charge in [-0.3, -0.25) is 4.98 Å². The van der Waals surface area contributed by atoms with E-state index in [1.807, 2.05) is 0 Å². The predicted molar refractivity (Wildman–Crippen MR) is 81.9 cm³/mol. The molecular formula is C16H12F3N3O3. The Morgan fingerprint density at radius 2 is 1.92 bits per heavy atom. The van der Waals surface area contributed by atoms with Gasteiger partial charge in [0.2, 0.25) is 5.88 Å². The quantitative estimate of drug-likeness (QED) is 0.726. The molecule has 0 aliphatic rings. The molecule has 2 aromatic heterocycles. The third-order valence-electron chi connectivity index (χ3n) is 3.46. The van der Waals surface area contributed by atoms with Gasteiger partial charge in [0.1, 0.15) is 11.4 Å². The van der Waals surface area contributed by atoms with E-state index in [9.17, 15) is 18.3 Å². The molecule has 0 radical (unpaired) electrons. The van der Waals surface area contributed by atoms with E-state index in [2.05, 4.69) is 15.2 Å². The van der Waals surface area contributed by atoms with Crippen LogP contribution in [0, 0.1) is 0 Å². The van der Waals surface area contributed by atoms with E-state index in [4.69, 9.17) is 9.47 Å². The largest absolute Gasteiger partial charge is 0.492 e. The molecule has 0 aliphatic heterocycles. The van der Waals surface area contributed by atoms with Crippen molar-refractivity contribution in [2.75, 3.05) is 13.9 Å². The van der Waals surface area contributed by atoms with Crippen LogP contribution in [-0.4, -0.2) is 34.2 Å². The van der Waals surface area contributed by atoms with Crippen molar-refractivity contribution in [2.24, 2.45) is 0 Å². The zero-order valence-electron chi connectivity index (χ0n) is 12.9. The zero-order chi connectivity index (χ0) is 18.0. The Hall–Kier alpha value is -2.94. The monoisotopic (exact) mass is 351 g/mol. The lowest BCUT2D eigenvalue weighted by Crippen LogP contribution is -2.07. The summed E-state index contributed by atoms with van der Waals surface area (Å²) in [5.41, 5.74) is -0.316. The van der Waals surface area contributed by atoms with Gasteiger partial charge in [-0.2, -0.15) is 13.2 Å². The minimum atomic E-state index is -4.52. The van der Waals surface area contributed by atoms with Crippen LogP contribution in [0.2, 0.25) is 0 Å². The molecule has 0 aliphatic carbocycles. The summed E-state index contributed by atoms with van der Waals surface area (Å²) < 4.78 is 49.0. The van der Waals surface area contributed by atoms with Gasteiger partial charge in [-0.05, 0) is 24.3 Å². The van der Waals surface area contributed by atoms with Gasteiger partial charge in [0.05, 0.1) is 10.9 Å². The predicted octanol–water partition coefficient (Wildman–Crippen LogP) is 3.40. The summed E-state index contributed by atoms with van der Waals surface area (Å²) in [6, 6.07) is 4.62. The number of nitrogens with zero attached hydrogens (tertiary/aromatic N) is 3. The maximum atomic E-state index is 13.0. The molecule has 0 bridgehead atoms. The SMILES string of the molecule is COCOc1cc(C(F)(F)F)ccc1-c1nnc(O)c2cnccc12. The molecular weight excluding hydrogens is 339 g/mol. The summed E-state index contributed by atoms with van der Waals surface area (Å²) in [7, 11) is 1.36. The molecule has 9 heteroatoms. The molecule has 0 unspecified atom stereocenters. The second-order valence-corrected chi connectivity index (χ2v) is 5.05. The summed E-state index contributed by atoms with van der Waals surface area (Å²) in [4.78, 5) is 3.90. The van der Waals surface area contributed by atoms with Crippen molar-refractivity contribution in [2.45, 2.75) is 6.18 Å². The Kier molecular flexibility index (Phi) is 4.41. The molecule has 6 nitrogen and oxygen atoms in total.